The fourth-order valence-electron chi connectivity index (χ4n) is 3.16. The second-order valence-corrected chi connectivity index (χ2v) is 6.63. The monoisotopic (exact) mass is 409 g/mol. The summed E-state index contributed by atoms with van der Waals surface area (Å²) in [7, 11) is 3.10. The van der Waals surface area contributed by atoms with Gasteiger partial charge in [-0.2, -0.15) is 0 Å². The smallest absolute Gasteiger partial charge is 0.330 e. The van der Waals surface area contributed by atoms with Crippen molar-refractivity contribution in [3.8, 4) is 11.5 Å². The van der Waals surface area contributed by atoms with Crippen LogP contribution in [0.15, 0.2) is 48.5 Å². The lowest BCUT2D eigenvalue weighted by molar-refractivity contribution is -0.137. The third kappa shape index (κ3) is 4.68. The summed E-state index contributed by atoms with van der Waals surface area (Å²) in [6, 6.07) is 12.1. The summed E-state index contributed by atoms with van der Waals surface area (Å²) in [5.41, 5.74) is 1.65. The number of methoxy groups -OCH3 is 2. The van der Waals surface area contributed by atoms with Crippen LogP contribution in [0.2, 0.25) is 0 Å². The summed E-state index contributed by atoms with van der Waals surface area (Å²) in [4.78, 5) is 37.7. The Hall–Kier alpha value is -3.61. The Morgan fingerprint density at radius 3 is 2.23 bits per heavy atom. The number of hydrogen-bond donors (Lipinski definition) is 0. The summed E-state index contributed by atoms with van der Waals surface area (Å²) in [5.74, 6) is 0.165. The van der Waals surface area contributed by atoms with Gasteiger partial charge in [-0.15, -0.1) is 0 Å². The van der Waals surface area contributed by atoms with Crippen molar-refractivity contribution in [2.45, 2.75) is 12.8 Å². The summed E-state index contributed by atoms with van der Waals surface area (Å²) < 4.78 is 15.6. The second kappa shape index (κ2) is 9.73. The fraction of sp³-hybridized carbons (Fsp3) is 0.261. The lowest BCUT2D eigenvalue weighted by atomic mass is 10.1. The molecule has 1 aliphatic rings. The van der Waals surface area contributed by atoms with Gasteiger partial charge >= 0.3 is 5.97 Å². The maximum atomic E-state index is 12.3. The molecule has 0 N–H and O–H groups in total. The Balaban J connectivity index is 1.41. The molecule has 0 aliphatic carbocycles. The molecule has 2 aromatic rings. The van der Waals surface area contributed by atoms with Crippen LogP contribution in [0, 0.1) is 0 Å². The van der Waals surface area contributed by atoms with Crippen molar-refractivity contribution in [1.82, 2.24) is 4.90 Å². The molecule has 0 saturated heterocycles. The Labute approximate surface area is 174 Å². The second-order valence-electron chi connectivity index (χ2n) is 6.63. The maximum Gasteiger partial charge on any atom is 0.330 e. The van der Waals surface area contributed by atoms with Gasteiger partial charge in [0.15, 0.2) is 11.5 Å². The molecule has 0 unspecified atom stereocenters. The zero-order valence-corrected chi connectivity index (χ0v) is 16.9. The van der Waals surface area contributed by atoms with Crippen LogP contribution in [0.3, 0.4) is 0 Å². The Kier molecular flexibility index (Phi) is 6.85. The molecule has 0 saturated carbocycles. The Morgan fingerprint density at radius 2 is 1.60 bits per heavy atom. The molecule has 3 rings (SSSR count). The minimum absolute atomic E-state index is 0.207. The summed E-state index contributed by atoms with van der Waals surface area (Å²) in [5, 5.41) is 0. The molecule has 30 heavy (non-hydrogen) atoms. The lowest BCUT2D eigenvalue weighted by Gasteiger charge is -2.13. The van der Waals surface area contributed by atoms with Gasteiger partial charge in [0.2, 0.25) is 0 Å². The highest BCUT2D eigenvalue weighted by Gasteiger charge is 2.34. The van der Waals surface area contributed by atoms with Crippen molar-refractivity contribution in [2.24, 2.45) is 0 Å². The number of carbonyl (C=O) groups excluding carboxylic acids is 3. The normalized spacial score (nSPS) is 12.9. The minimum Gasteiger partial charge on any atom is -0.493 e. The molecule has 7 heteroatoms. The van der Waals surface area contributed by atoms with Crippen molar-refractivity contribution >= 4 is 23.9 Å². The summed E-state index contributed by atoms with van der Waals surface area (Å²) in [6.45, 7) is 0.504. The van der Waals surface area contributed by atoms with Crippen LogP contribution in [0.25, 0.3) is 6.08 Å². The number of nitrogens with zero attached hydrogens (tertiary/aromatic N) is 1. The predicted octanol–water partition coefficient (Wildman–Crippen LogP) is 3.34. The van der Waals surface area contributed by atoms with Gasteiger partial charge in [-0.05, 0) is 48.7 Å². The van der Waals surface area contributed by atoms with Gasteiger partial charge in [-0.1, -0.05) is 18.2 Å². The molecule has 0 atom stereocenters. The number of carbonyl (C=O) groups is 3. The van der Waals surface area contributed by atoms with E-state index in [-0.39, 0.29) is 18.4 Å². The number of hydrogen-bond acceptors (Lipinski definition) is 6. The van der Waals surface area contributed by atoms with Gasteiger partial charge < -0.3 is 14.2 Å². The third-order valence-corrected chi connectivity index (χ3v) is 4.72. The average Bonchev–Trinajstić information content (AvgIpc) is 3.02. The number of amides is 2. The van der Waals surface area contributed by atoms with Gasteiger partial charge in [0.1, 0.15) is 0 Å². The van der Waals surface area contributed by atoms with Crippen molar-refractivity contribution in [1.29, 1.82) is 0 Å². The van der Waals surface area contributed by atoms with E-state index in [9.17, 15) is 14.4 Å². The largest absolute Gasteiger partial charge is 0.493 e. The van der Waals surface area contributed by atoms with Gasteiger partial charge in [0, 0.05) is 12.6 Å². The highest BCUT2D eigenvalue weighted by Crippen LogP contribution is 2.28. The zero-order valence-electron chi connectivity index (χ0n) is 16.9. The van der Waals surface area contributed by atoms with Crippen LogP contribution in [-0.2, 0) is 9.53 Å². The molecule has 0 spiro atoms. The van der Waals surface area contributed by atoms with Gasteiger partial charge in [-0.25, -0.2) is 4.79 Å². The Bertz CT molecular complexity index is 946. The van der Waals surface area contributed by atoms with E-state index in [1.807, 2.05) is 0 Å². The maximum absolute atomic E-state index is 12.3. The molecular weight excluding hydrogens is 386 g/mol. The summed E-state index contributed by atoms with van der Waals surface area (Å²) >= 11 is 0. The molecule has 0 aromatic heterocycles. The van der Waals surface area contributed by atoms with Crippen LogP contribution < -0.4 is 9.47 Å². The first kappa shape index (κ1) is 21.1. The first-order valence-corrected chi connectivity index (χ1v) is 9.57. The first-order valence-electron chi connectivity index (χ1n) is 9.57. The quantitative estimate of drug-likeness (QED) is 0.273. The van der Waals surface area contributed by atoms with Crippen molar-refractivity contribution in [2.75, 3.05) is 27.4 Å². The average molecular weight is 409 g/mol. The molecule has 1 heterocycles. The van der Waals surface area contributed by atoms with E-state index in [0.29, 0.717) is 42.0 Å². The number of imide groups is 1. The molecule has 0 bridgehead atoms. The number of esters is 1. The SMILES string of the molecule is COc1ccc(C=CC(=O)OCCCCN2C(=O)c3ccccc3C2=O)cc1OC. The van der Waals surface area contributed by atoms with Crippen molar-refractivity contribution < 1.29 is 28.6 Å². The van der Waals surface area contributed by atoms with Gasteiger partial charge in [-0.3, -0.25) is 14.5 Å². The van der Waals surface area contributed by atoms with Gasteiger partial charge in [0.05, 0.1) is 32.0 Å². The van der Waals surface area contributed by atoms with Crippen LogP contribution in [0.4, 0.5) is 0 Å². The lowest BCUT2D eigenvalue weighted by Crippen LogP contribution is -2.30. The molecule has 0 fully saturated rings. The fourth-order valence-corrected chi connectivity index (χ4v) is 3.16. The highest BCUT2D eigenvalue weighted by atomic mass is 16.5. The minimum atomic E-state index is -0.467. The highest BCUT2D eigenvalue weighted by molar-refractivity contribution is 6.21. The van der Waals surface area contributed by atoms with Crippen molar-refractivity contribution in [3.05, 3.63) is 65.2 Å². The predicted molar refractivity (Wildman–Crippen MR) is 111 cm³/mol. The van der Waals surface area contributed by atoms with E-state index in [1.54, 1.807) is 62.8 Å². The van der Waals surface area contributed by atoms with Crippen molar-refractivity contribution in [3.63, 3.8) is 0 Å². The van der Waals surface area contributed by atoms with Gasteiger partial charge in [0.25, 0.3) is 11.8 Å². The molecule has 156 valence electrons. The number of unbranched alkanes of at least 4 members (excludes halogenated alkanes) is 1. The molecule has 1 aliphatic heterocycles. The van der Waals surface area contributed by atoms with E-state index < -0.39 is 5.97 Å². The molecule has 0 radical (unpaired) electrons. The summed E-state index contributed by atoms with van der Waals surface area (Å²) in [6.07, 6.45) is 4.07. The standard InChI is InChI=1S/C23H23NO6/c1-28-19-11-9-16(15-20(19)29-2)10-12-21(25)30-14-6-5-13-24-22(26)17-7-3-4-8-18(17)23(24)27/h3-4,7-12,15H,5-6,13-14H2,1-2H3. The van der Waals surface area contributed by atoms with Crippen LogP contribution >= 0.6 is 0 Å². The van der Waals surface area contributed by atoms with E-state index >= 15 is 0 Å². The molecular formula is C23H23NO6. The van der Waals surface area contributed by atoms with E-state index in [0.717, 1.165) is 5.56 Å². The van der Waals surface area contributed by atoms with E-state index in [2.05, 4.69) is 0 Å². The third-order valence-electron chi connectivity index (χ3n) is 4.72. The topological polar surface area (TPSA) is 82.1 Å². The first-order chi connectivity index (χ1) is 14.5. The Morgan fingerprint density at radius 1 is 0.933 bits per heavy atom. The number of rotatable bonds is 9. The number of benzene rings is 2. The van der Waals surface area contributed by atoms with E-state index in [1.165, 1.54) is 11.0 Å². The molecule has 2 aromatic carbocycles. The van der Waals surface area contributed by atoms with Crippen LogP contribution in [0.5, 0.6) is 11.5 Å². The molecule has 2 amide bonds. The number of ether oxygens (including phenoxy) is 3. The van der Waals surface area contributed by atoms with Crippen LogP contribution in [-0.4, -0.2) is 50.1 Å². The zero-order chi connectivity index (χ0) is 21.5. The number of fused-ring (bicyclic) bond motifs is 1. The molecule has 7 nitrogen and oxygen atoms in total. The van der Waals surface area contributed by atoms with E-state index in [4.69, 9.17) is 14.2 Å². The van der Waals surface area contributed by atoms with Crippen LogP contribution in [0.1, 0.15) is 39.1 Å².